The molecule has 5 heterocycles. The fourth-order valence-corrected chi connectivity index (χ4v) is 5.73. The van der Waals surface area contributed by atoms with Crippen molar-refractivity contribution < 1.29 is 27.2 Å². The van der Waals surface area contributed by atoms with Crippen LogP contribution in [0.3, 0.4) is 0 Å². The Morgan fingerprint density at radius 1 is 1.13 bits per heavy atom. The summed E-state index contributed by atoms with van der Waals surface area (Å²) in [5.41, 5.74) is 2.81. The number of hydrogen-bond acceptors (Lipinski definition) is 7. The van der Waals surface area contributed by atoms with Crippen molar-refractivity contribution in [2.45, 2.75) is 25.1 Å². The van der Waals surface area contributed by atoms with Crippen molar-refractivity contribution in [3.63, 3.8) is 0 Å². The summed E-state index contributed by atoms with van der Waals surface area (Å²) in [6, 6.07) is 8.04. The number of aromatic nitrogens is 4. The predicted octanol–water partition coefficient (Wildman–Crippen LogP) is 3.15. The van der Waals surface area contributed by atoms with Crippen LogP contribution >= 0.6 is 0 Å². The van der Waals surface area contributed by atoms with Crippen LogP contribution in [0.1, 0.15) is 44.4 Å². The number of halogens is 2. The van der Waals surface area contributed by atoms with Crippen molar-refractivity contribution in [1.82, 2.24) is 29.7 Å². The molecule has 0 unspecified atom stereocenters. The molecule has 10 nitrogen and oxygen atoms in total. The molecule has 4 aromatic rings. The van der Waals surface area contributed by atoms with Gasteiger partial charge in [-0.3, -0.25) is 9.59 Å². The zero-order valence-corrected chi connectivity index (χ0v) is 20.3. The molecule has 2 bridgehead atoms. The minimum absolute atomic E-state index is 0.00388. The number of ether oxygens (including phenoxy) is 1. The average molecular weight is 535 g/mol. The first-order valence-corrected chi connectivity index (χ1v) is 12.4. The Labute approximate surface area is 225 Å². The van der Waals surface area contributed by atoms with Crippen molar-refractivity contribution in [1.29, 1.82) is 0 Å². The van der Waals surface area contributed by atoms with Gasteiger partial charge in [-0.25, -0.2) is 15.0 Å². The maximum atomic E-state index is 13.6. The maximum absolute atomic E-state index is 13.6. The lowest BCUT2D eigenvalue weighted by Gasteiger charge is -2.26. The Kier molecular flexibility index (Phi) is 4.55. The van der Waals surface area contributed by atoms with Gasteiger partial charge in [0.05, 0.1) is 29.7 Å². The number of fused-ring (bicyclic) bond motifs is 9. The van der Waals surface area contributed by atoms with Gasteiger partial charge in [-0.05, 0) is 29.8 Å². The molecule has 2 amide bonds. The van der Waals surface area contributed by atoms with Crippen LogP contribution in [-0.2, 0) is 4.79 Å². The van der Waals surface area contributed by atoms with Crippen LogP contribution in [0, 0.1) is 0 Å². The number of carbonyl (C=O) groups is 2. The highest BCUT2D eigenvalue weighted by Gasteiger charge is 2.45. The normalized spacial score (nSPS) is 21.7. The van der Waals surface area contributed by atoms with Crippen molar-refractivity contribution in [3.05, 3.63) is 65.7 Å². The lowest BCUT2D eigenvalue weighted by Crippen LogP contribution is -2.48. The van der Waals surface area contributed by atoms with E-state index in [1.165, 1.54) is 18.2 Å². The van der Waals surface area contributed by atoms with Crippen molar-refractivity contribution in [3.8, 4) is 16.9 Å². The van der Waals surface area contributed by atoms with Crippen LogP contribution in [0.2, 0.25) is 0 Å². The molecule has 2 atom stereocenters. The molecule has 39 heavy (non-hydrogen) atoms. The quantitative estimate of drug-likeness (QED) is 0.429. The molecule has 1 N–H and O–H groups in total. The number of piperazine rings is 1. The monoisotopic (exact) mass is 534 g/mol. The van der Waals surface area contributed by atoms with E-state index in [0.29, 0.717) is 41.5 Å². The molecule has 12 heteroatoms. The molecule has 0 radical (unpaired) electrons. The maximum Gasteiger partial charge on any atom is 0.387 e. The van der Waals surface area contributed by atoms with E-state index in [0.717, 1.165) is 10.5 Å². The summed E-state index contributed by atoms with van der Waals surface area (Å²) in [5, 5.41) is 2.76. The molecular formula is C27H23F2N7O3. The first-order chi connectivity index (χ1) is 20.1. The zero-order chi connectivity index (χ0) is 29.3. The number of anilines is 1. The van der Waals surface area contributed by atoms with E-state index in [4.69, 9.17) is 13.8 Å². The molecule has 2 aromatic heterocycles. The summed E-state index contributed by atoms with van der Waals surface area (Å²) in [6.45, 7) is -4.67. The molecule has 2 aromatic carbocycles. The number of rotatable bonds is 4. The van der Waals surface area contributed by atoms with Crippen LogP contribution < -0.4 is 15.0 Å². The van der Waals surface area contributed by atoms with Gasteiger partial charge in [0.15, 0.2) is 0 Å². The molecule has 0 saturated carbocycles. The number of hydrogen-bond donors (Lipinski definition) is 1. The van der Waals surface area contributed by atoms with Crippen molar-refractivity contribution >= 4 is 28.8 Å². The Morgan fingerprint density at radius 3 is 2.74 bits per heavy atom. The second-order valence-corrected chi connectivity index (χ2v) is 9.63. The van der Waals surface area contributed by atoms with Gasteiger partial charge in [0.2, 0.25) is 11.9 Å². The molecule has 198 valence electrons. The summed E-state index contributed by atoms with van der Waals surface area (Å²) >= 11 is 0. The van der Waals surface area contributed by atoms with Gasteiger partial charge in [-0.15, -0.1) is 0 Å². The van der Waals surface area contributed by atoms with Crippen molar-refractivity contribution in [2.75, 3.05) is 31.5 Å². The van der Waals surface area contributed by atoms with Gasteiger partial charge >= 0.3 is 6.61 Å². The van der Waals surface area contributed by atoms with Gasteiger partial charge in [-0.1, -0.05) is 12.1 Å². The topological polar surface area (TPSA) is 105 Å². The van der Waals surface area contributed by atoms with Gasteiger partial charge in [0, 0.05) is 59.7 Å². The van der Waals surface area contributed by atoms with Crippen LogP contribution in [0.25, 0.3) is 22.2 Å². The van der Waals surface area contributed by atoms with Crippen molar-refractivity contribution in [2.24, 2.45) is 0 Å². The van der Waals surface area contributed by atoms with E-state index >= 15 is 0 Å². The fraction of sp³-hybridized carbons (Fsp3) is 0.296. The number of alkyl halides is 2. The first-order valence-electron chi connectivity index (χ1n) is 13.9. The summed E-state index contributed by atoms with van der Waals surface area (Å²) in [7, 11) is 0. The van der Waals surface area contributed by atoms with E-state index in [2.05, 4.69) is 15.3 Å². The molecule has 0 aliphatic carbocycles. The third kappa shape index (κ3) is 3.69. The molecule has 1 saturated heterocycles. The standard InChI is InChI=1S/C27H23F2N7O3/c1-34-20-10-19(23-16(25(34)38)3-2-4-21(23)39-26(28)29)36-18-9-14(5-6-17(18)33-24(20)36)15-11-31-27(32-12-15)35-8-7-30-22(37)13-35/h2-6,9,11-12,19-20,26H,7-8,10,13H2,1H3,(H,30,37)/t19-,20-/m1/s1/i1D3. The predicted molar refractivity (Wildman–Crippen MR) is 137 cm³/mol. The molecule has 3 aliphatic rings. The first kappa shape index (κ1) is 20.4. The fourth-order valence-electron chi connectivity index (χ4n) is 5.73. The highest BCUT2D eigenvalue weighted by molar-refractivity contribution is 5.98. The molecule has 0 spiro atoms. The Hall–Kier alpha value is -4.61. The van der Waals surface area contributed by atoms with Gasteiger partial charge in [-0.2, -0.15) is 8.78 Å². The number of benzene rings is 2. The van der Waals surface area contributed by atoms with Gasteiger partial charge in [0.25, 0.3) is 5.91 Å². The zero-order valence-electron chi connectivity index (χ0n) is 23.3. The summed E-state index contributed by atoms with van der Waals surface area (Å²) in [6.07, 6.45) is 3.43. The lowest BCUT2D eigenvalue weighted by molar-refractivity contribution is -0.120. The van der Waals surface area contributed by atoms with Crippen LogP contribution in [0.4, 0.5) is 14.7 Å². The van der Waals surface area contributed by atoms with E-state index in [1.807, 2.05) is 16.7 Å². The number of imidazole rings is 1. The Balaban J connectivity index is 1.35. The SMILES string of the molecule is [2H]C([2H])([2H])N1C(=O)c2cccc(OC(F)F)c2[C@H]2C[C@@H]1c1nc3ccc(-c4cnc(N5CCNC(=O)C5)nc4)cc3n12. The second kappa shape index (κ2) is 8.72. The highest BCUT2D eigenvalue weighted by atomic mass is 19.3. The summed E-state index contributed by atoms with van der Waals surface area (Å²) in [4.78, 5) is 41.6. The van der Waals surface area contributed by atoms with E-state index in [1.54, 1.807) is 23.4 Å². The number of nitrogens with one attached hydrogen (secondary N) is 1. The van der Waals surface area contributed by atoms with Gasteiger partial charge < -0.3 is 24.4 Å². The van der Waals surface area contributed by atoms with Crippen LogP contribution in [-0.4, -0.2) is 69.5 Å². The largest absolute Gasteiger partial charge is 0.434 e. The molecule has 7 rings (SSSR count). The molecular weight excluding hydrogens is 508 g/mol. The third-order valence-corrected chi connectivity index (χ3v) is 7.44. The third-order valence-electron chi connectivity index (χ3n) is 7.44. The molecule has 3 aliphatic heterocycles. The van der Waals surface area contributed by atoms with Gasteiger partial charge in [0.1, 0.15) is 11.6 Å². The number of carbonyl (C=O) groups excluding carboxylic acids is 2. The van der Waals surface area contributed by atoms with Crippen LogP contribution in [0.5, 0.6) is 5.75 Å². The number of nitrogens with zero attached hydrogens (tertiary/aromatic N) is 6. The average Bonchev–Trinajstić information content (AvgIpc) is 3.45. The van der Waals surface area contributed by atoms with E-state index < -0.39 is 31.6 Å². The Morgan fingerprint density at radius 2 is 1.97 bits per heavy atom. The smallest absolute Gasteiger partial charge is 0.387 e. The summed E-state index contributed by atoms with van der Waals surface area (Å²) < 4.78 is 58.0. The van der Waals surface area contributed by atoms with E-state index in [9.17, 15) is 18.4 Å². The van der Waals surface area contributed by atoms with E-state index in [-0.39, 0.29) is 35.7 Å². The molecule has 1 fully saturated rings. The number of amides is 2. The summed E-state index contributed by atoms with van der Waals surface area (Å²) in [5.74, 6) is -0.294. The minimum Gasteiger partial charge on any atom is -0.434 e. The Bertz CT molecular complexity index is 1750. The minimum atomic E-state index is -3.14. The lowest BCUT2D eigenvalue weighted by atomic mass is 9.97. The second-order valence-electron chi connectivity index (χ2n) is 9.63. The van der Waals surface area contributed by atoms with Crippen LogP contribution in [0.15, 0.2) is 48.8 Å². The highest BCUT2D eigenvalue weighted by Crippen LogP contribution is 2.50.